The molecular formula is C12H20N4. The third-order valence-electron chi connectivity index (χ3n) is 3.20. The summed E-state index contributed by atoms with van der Waals surface area (Å²) in [5, 5.41) is 3.22. The summed E-state index contributed by atoms with van der Waals surface area (Å²) in [5.41, 5.74) is 0. The van der Waals surface area contributed by atoms with Crippen LogP contribution < -0.4 is 10.2 Å². The third kappa shape index (κ3) is 2.43. The Morgan fingerprint density at radius 1 is 1.44 bits per heavy atom. The molecule has 1 aromatic heterocycles. The Labute approximate surface area is 97.1 Å². The highest BCUT2D eigenvalue weighted by atomic mass is 15.2. The number of nitrogens with one attached hydrogen (secondary N) is 1. The largest absolute Gasteiger partial charge is 0.370 e. The lowest BCUT2D eigenvalue weighted by molar-refractivity contribution is 0.568. The van der Waals surface area contributed by atoms with Gasteiger partial charge in [-0.2, -0.15) is 0 Å². The van der Waals surface area contributed by atoms with Gasteiger partial charge in [0.15, 0.2) is 0 Å². The summed E-state index contributed by atoms with van der Waals surface area (Å²) < 4.78 is 0. The highest BCUT2D eigenvalue weighted by Gasteiger charge is 2.22. The normalized spacial score (nSPS) is 20.1. The Kier molecular flexibility index (Phi) is 3.59. The third-order valence-corrected chi connectivity index (χ3v) is 3.20. The van der Waals surface area contributed by atoms with Gasteiger partial charge in [-0.15, -0.1) is 0 Å². The van der Waals surface area contributed by atoms with Crippen molar-refractivity contribution in [2.45, 2.75) is 26.7 Å². The van der Waals surface area contributed by atoms with E-state index in [1.807, 2.05) is 6.07 Å². The second-order valence-electron chi connectivity index (χ2n) is 4.30. The molecule has 4 nitrogen and oxygen atoms in total. The van der Waals surface area contributed by atoms with Crippen LogP contribution in [0.1, 0.15) is 26.7 Å². The van der Waals surface area contributed by atoms with Gasteiger partial charge < -0.3 is 10.2 Å². The van der Waals surface area contributed by atoms with Crippen LogP contribution in [0.5, 0.6) is 0 Å². The maximum atomic E-state index is 4.35. The van der Waals surface area contributed by atoms with Crippen LogP contribution in [-0.2, 0) is 0 Å². The van der Waals surface area contributed by atoms with Gasteiger partial charge in [-0.25, -0.2) is 9.97 Å². The van der Waals surface area contributed by atoms with Gasteiger partial charge in [-0.05, 0) is 19.3 Å². The molecule has 1 fully saturated rings. The van der Waals surface area contributed by atoms with E-state index in [-0.39, 0.29) is 0 Å². The van der Waals surface area contributed by atoms with Gasteiger partial charge in [0, 0.05) is 25.7 Å². The molecule has 1 saturated heterocycles. The predicted molar refractivity (Wildman–Crippen MR) is 66.8 cm³/mol. The molecule has 0 amide bonds. The van der Waals surface area contributed by atoms with Crippen LogP contribution in [0, 0.1) is 5.92 Å². The Hall–Kier alpha value is -1.32. The first-order valence-corrected chi connectivity index (χ1v) is 6.14. The standard InChI is InChI=1S/C12H20N4/c1-3-10-5-6-16(8-10)12-7-11(13-4-2)14-9-15-12/h7,9-10H,3-6,8H2,1-2H3,(H,13,14,15). The van der Waals surface area contributed by atoms with Gasteiger partial charge in [-0.1, -0.05) is 13.3 Å². The van der Waals surface area contributed by atoms with Crippen LogP contribution in [0.25, 0.3) is 0 Å². The maximum absolute atomic E-state index is 4.35. The molecule has 1 aromatic rings. The van der Waals surface area contributed by atoms with E-state index in [9.17, 15) is 0 Å². The van der Waals surface area contributed by atoms with Crippen molar-refractivity contribution in [3.63, 3.8) is 0 Å². The molecule has 1 aliphatic rings. The Balaban J connectivity index is 2.06. The molecule has 0 aromatic carbocycles. The molecule has 1 N–H and O–H groups in total. The Bertz CT molecular complexity index is 340. The molecule has 88 valence electrons. The number of hydrogen-bond donors (Lipinski definition) is 1. The average molecular weight is 220 g/mol. The fourth-order valence-corrected chi connectivity index (χ4v) is 2.17. The first-order valence-electron chi connectivity index (χ1n) is 6.14. The van der Waals surface area contributed by atoms with Crippen LogP contribution in [0.4, 0.5) is 11.6 Å². The summed E-state index contributed by atoms with van der Waals surface area (Å²) in [6.45, 7) is 7.50. The van der Waals surface area contributed by atoms with Crippen molar-refractivity contribution in [2.75, 3.05) is 29.9 Å². The Morgan fingerprint density at radius 2 is 2.31 bits per heavy atom. The quantitative estimate of drug-likeness (QED) is 0.844. The minimum absolute atomic E-state index is 0.831. The minimum Gasteiger partial charge on any atom is -0.370 e. The molecule has 0 spiro atoms. The van der Waals surface area contributed by atoms with Crippen LogP contribution in [0.3, 0.4) is 0 Å². The number of aromatic nitrogens is 2. The molecule has 1 aliphatic heterocycles. The lowest BCUT2D eigenvalue weighted by Crippen LogP contribution is -2.21. The molecule has 4 heteroatoms. The summed E-state index contributed by atoms with van der Waals surface area (Å²) in [6, 6.07) is 2.04. The molecule has 0 saturated carbocycles. The van der Waals surface area contributed by atoms with E-state index < -0.39 is 0 Å². The molecule has 0 aliphatic carbocycles. The van der Waals surface area contributed by atoms with E-state index in [0.717, 1.165) is 37.2 Å². The number of anilines is 2. The second kappa shape index (κ2) is 5.14. The number of nitrogens with zero attached hydrogens (tertiary/aromatic N) is 3. The lowest BCUT2D eigenvalue weighted by Gasteiger charge is -2.17. The molecule has 0 radical (unpaired) electrons. The van der Waals surface area contributed by atoms with Gasteiger partial charge in [0.25, 0.3) is 0 Å². The summed E-state index contributed by atoms with van der Waals surface area (Å²) in [7, 11) is 0. The minimum atomic E-state index is 0.831. The van der Waals surface area contributed by atoms with E-state index in [0.29, 0.717) is 0 Å². The van der Waals surface area contributed by atoms with Gasteiger partial charge in [0.2, 0.25) is 0 Å². The van der Waals surface area contributed by atoms with Crippen LogP contribution >= 0.6 is 0 Å². The topological polar surface area (TPSA) is 41.0 Å². The summed E-state index contributed by atoms with van der Waals surface area (Å²) in [4.78, 5) is 10.9. The van der Waals surface area contributed by atoms with Gasteiger partial charge >= 0.3 is 0 Å². The predicted octanol–water partition coefficient (Wildman–Crippen LogP) is 2.14. The molecule has 2 rings (SSSR count). The van der Waals surface area contributed by atoms with E-state index in [4.69, 9.17) is 0 Å². The SMILES string of the molecule is CCNc1cc(N2CCC(CC)C2)ncn1. The fraction of sp³-hybridized carbons (Fsp3) is 0.667. The van der Waals surface area contributed by atoms with Crippen molar-refractivity contribution in [1.29, 1.82) is 0 Å². The molecule has 1 atom stereocenters. The zero-order valence-electron chi connectivity index (χ0n) is 10.1. The van der Waals surface area contributed by atoms with Crippen molar-refractivity contribution < 1.29 is 0 Å². The maximum Gasteiger partial charge on any atom is 0.134 e. The van der Waals surface area contributed by atoms with Crippen LogP contribution in [0.2, 0.25) is 0 Å². The zero-order chi connectivity index (χ0) is 11.4. The average Bonchev–Trinajstić information content (AvgIpc) is 2.78. The molecule has 0 bridgehead atoms. The monoisotopic (exact) mass is 220 g/mol. The smallest absolute Gasteiger partial charge is 0.134 e. The van der Waals surface area contributed by atoms with Crippen molar-refractivity contribution in [3.8, 4) is 0 Å². The first kappa shape index (κ1) is 11.2. The molecule has 2 heterocycles. The molecular weight excluding hydrogens is 200 g/mol. The Morgan fingerprint density at radius 3 is 3.00 bits per heavy atom. The highest BCUT2D eigenvalue weighted by Crippen LogP contribution is 2.24. The van der Waals surface area contributed by atoms with Gasteiger partial charge in [-0.3, -0.25) is 0 Å². The second-order valence-corrected chi connectivity index (χ2v) is 4.30. The number of rotatable bonds is 4. The van der Waals surface area contributed by atoms with E-state index in [1.54, 1.807) is 6.33 Å². The van der Waals surface area contributed by atoms with Crippen LogP contribution in [0.15, 0.2) is 12.4 Å². The number of hydrogen-bond acceptors (Lipinski definition) is 4. The molecule has 1 unspecified atom stereocenters. The van der Waals surface area contributed by atoms with E-state index >= 15 is 0 Å². The van der Waals surface area contributed by atoms with Crippen molar-refractivity contribution in [3.05, 3.63) is 12.4 Å². The van der Waals surface area contributed by atoms with Crippen molar-refractivity contribution in [2.24, 2.45) is 5.92 Å². The van der Waals surface area contributed by atoms with Crippen molar-refractivity contribution in [1.82, 2.24) is 9.97 Å². The lowest BCUT2D eigenvalue weighted by atomic mass is 10.1. The summed E-state index contributed by atoms with van der Waals surface area (Å²) in [5.74, 6) is 2.81. The zero-order valence-corrected chi connectivity index (χ0v) is 10.1. The van der Waals surface area contributed by atoms with Gasteiger partial charge in [0.1, 0.15) is 18.0 Å². The first-order chi connectivity index (χ1) is 7.83. The highest BCUT2D eigenvalue weighted by molar-refractivity contribution is 5.48. The van der Waals surface area contributed by atoms with Gasteiger partial charge in [0.05, 0.1) is 0 Å². The summed E-state index contributed by atoms with van der Waals surface area (Å²) >= 11 is 0. The van der Waals surface area contributed by atoms with E-state index in [2.05, 4.69) is 34.0 Å². The molecule has 16 heavy (non-hydrogen) atoms. The summed E-state index contributed by atoms with van der Waals surface area (Å²) in [6.07, 6.45) is 4.20. The fourth-order valence-electron chi connectivity index (χ4n) is 2.17. The van der Waals surface area contributed by atoms with Crippen LogP contribution in [-0.4, -0.2) is 29.6 Å². The van der Waals surface area contributed by atoms with Crippen molar-refractivity contribution >= 4 is 11.6 Å². The van der Waals surface area contributed by atoms with E-state index in [1.165, 1.54) is 12.8 Å².